The fourth-order valence-corrected chi connectivity index (χ4v) is 3.90. The van der Waals surface area contributed by atoms with Gasteiger partial charge in [0.2, 0.25) is 0 Å². The number of aromatic nitrogens is 4. The summed E-state index contributed by atoms with van der Waals surface area (Å²) < 4.78 is 0. The number of nitrogen functional groups attached to an aromatic ring is 1. The molecule has 1 saturated carbocycles. The third-order valence-corrected chi connectivity index (χ3v) is 5.40. The quantitative estimate of drug-likeness (QED) is 0.742. The lowest BCUT2D eigenvalue weighted by molar-refractivity contribution is 0.442. The molecule has 0 atom stereocenters. The second kappa shape index (κ2) is 5.88. The number of nitrogens with two attached hydrogens (primary N) is 1. The van der Waals surface area contributed by atoms with Gasteiger partial charge in [0.1, 0.15) is 0 Å². The van der Waals surface area contributed by atoms with E-state index in [2.05, 4.69) is 42.5 Å². The van der Waals surface area contributed by atoms with Gasteiger partial charge in [0.05, 0.1) is 22.9 Å². The number of nitrogens with zero attached hydrogens (tertiary/aromatic N) is 5. The van der Waals surface area contributed by atoms with Gasteiger partial charge in [0.25, 0.3) is 0 Å². The van der Waals surface area contributed by atoms with E-state index in [1.807, 2.05) is 12.3 Å². The van der Waals surface area contributed by atoms with E-state index >= 15 is 0 Å². The molecule has 1 spiro atoms. The first kappa shape index (κ1) is 15.5. The van der Waals surface area contributed by atoms with Crippen molar-refractivity contribution >= 4 is 22.5 Å². The van der Waals surface area contributed by atoms with Crippen molar-refractivity contribution in [2.45, 2.75) is 24.8 Å². The van der Waals surface area contributed by atoms with Crippen molar-refractivity contribution in [1.29, 1.82) is 0 Å². The minimum atomic E-state index is 0.282. The SMILES string of the molecule is Nc1nncc(Cc2ccc3nccnc3c2)c1N1CCNC2(CC2)C1. The van der Waals surface area contributed by atoms with Crippen molar-refractivity contribution < 1.29 is 0 Å². The van der Waals surface area contributed by atoms with Crippen LogP contribution in [-0.2, 0) is 6.42 Å². The molecule has 7 heteroatoms. The third kappa shape index (κ3) is 2.74. The highest BCUT2D eigenvalue weighted by Gasteiger charge is 2.46. The van der Waals surface area contributed by atoms with E-state index in [1.54, 1.807) is 12.4 Å². The summed E-state index contributed by atoms with van der Waals surface area (Å²) in [6.07, 6.45) is 8.50. The molecule has 2 aliphatic rings. The molecule has 1 aliphatic heterocycles. The van der Waals surface area contributed by atoms with Crippen molar-refractivity contribution in [3.63, 3.8) is 0 Å². The van der Waals surface area contributed by atoms with Crippen LogP contribution >= 0.6 is 0 Å². The van der Waals surface area contributed by atoms with Crippen LogP contribution in [0.3, 0.4) is 0 Å². The molecular formula is C19H21N7. The molecule has 0 radical (unpaired) electrons. The van der Waals surface area contributed by atoms with E-state index in [1.165, 1.54) is 18.4 Å². The highest BCUT2D eigenvalue weighted by Crippen LogP contribution is 2.40. The van der Waals surface area contributed by atoms with Crippen LogP contribution in [-0.4, -0.2) is 45.3 Å². The molecule has 5 rings (SSSR count). The van der Waals surface area contributed by atoms with Crippen LogP contribution in [0.2, 0.25) is 0 Å². The standard InChI is InChI=1S/C19H21N7/c20-18-17(26-8-7-23-19(12-26)3-4-19)14(11-24-25-18)9-13-1-2-15-16(10-13)22-6-5-21-15/h1-2,5-6,10-11,23H,3-4,7-9,12H2,(H2,20,25). The number of piperazine rings is 1. The largest absolute Gasteiger partial charge is 0.380 e. The molecule has 3 heterocycles. The van der Waals surface area contributed by atoms with E-state index in [-0.39, 0.29) is 5.54 Å². The zero-order valence-electron chi connectivity index (χ0n) is 14.5. The average molecular weight is 347 g/mol. The van der Waals surface area contributed by atoms with Gasteiger partial charge in [-0.15, -0.1) is 5.10 Å². The number of hydrogen-bond donors (Lipinski definition) is 2. The Morgan fingerprint density at radius 2 is 2.00 bits per heavy atom. The summed E-state index contributed by atoms with van der Waals surface area (Å²) >= 11 is 0. The number of hydrogen-bond acceptors (Lipinski definition) is 7. The molecule has 1 aromatic carbocycles. The summed E-state index contributed by atoms with van der Waals surface area (Å²) in [5, 5.41) is 11.9. The van der Waals surface area contributed by atoms with Crippen molar-refractivity contribution in [1.82, 2.24) is 25.5 Å². The van der Waals surface area contributed by atoms with E-state index in [9.17, 15) is 0 Å². The summed E-state index contributed by atoms with van der Waals surface area (Å²) in [5.41, 5.74) is 11.6. The summed E-state index contributed by atoms with van der Waals surface area (Å²) in [4.78, 5) is 11.1. The fraction of sp³-hybridized carbons (Fsp3) is 0.368. The molecule has 132 valence electrons. The smallest absolute Gasteiger partial charge is 0.170 e. The number of rotatable bonds is 3. The van der Waals surface area contributed by atoms with Crippen molar-refractivity contribution in [3.8, 4) is 0 Å². The number of fused-ring (bicyclic) bond motifs is 1. The van der Waals surface area contributed by atoms with Crippen LogP contribution in [0, 0.1) is 0 Å². The molecule has 26 heavy (non-hydrogen) atoms. The van der Waals surface area contributed by atoms with E-state index in [0.717, 1.165) is 48.3 Å². The molecule has 2 fully saturated rings. The second-order valence-electron chi connectivity index (χ2n) is 7.29. The van der Waals surface area contributed by atoms with Crippen molar-refractivity contribution in [2.24, 2.45) is 0 Å². The van der Waals surface area contributed by atoms with Crippen LogP contribution in [0.1, 0.15) is 24.0 Å². The Morgan fingerprint density at radius 3 is 2.85 bits per heavy atom. The summed E-state index contributed by atoms with van der Waals surface area (Å²) in [6, 6.07) is 6.19. The number of benzene rings is 1. The van der Waals surface area contributed by atoms with Gasteiger partial charge in [-0.25, -0.2) is 0 Å². The number of anilines is 2. The molecule has 7 nitrogen and oxygen atoms in total. The molecule has 0 unspecified atom stereocenters. The van der Waals surface area contributed by atoms with Crippen LogP contribution in [0.25, 0.3) is 11.0 Å². The topological polar surface area (TPSA) is 92.8 Å². The van der Waals surface area contributed by atoms with Gasteiger partial charge in [-0.3, -0.25) is 9.97 Å². The summed E-state index contributed by atoms with van der Waals surface area (Å²) in [7, 11) is 0. The van der Waals surface area contributed by atoms with Gasteiger partial charge in [-0.1, -0.05) is 6.07 Å². The molecule has 1 saturated heterocycles. The van der Waals surface area contributed by atoms with E-state index in [0.29, 0.717) is 5.82 Å². The van der Waals surface area contributed by atoms with Crippen LogP contribution < -0.4 is 16.0 Å². The van der Waals surface area contributed by atoms with Crippen LogP contribution in [0.15, 0.2) is 36.8 Å². The monoisotopic (exact) mass is 347 g/mol. The number of nitrogens with one attached hydrogen (secondary N) is 1. The normalized spacial score (nSPS) is 18.4. The maximum atomic E-state index is 6.25. The van der Waals surface area contributed by atoms with Gasteiger partial charge in [-0.05, 0) is 30.5 Å². The summed E-state index contributed by atoms with van der Waals surface area (Å²) in [5.74, 6) is 0.515. The molecular weight excluding hydrogens is 326 g/mol. The highest BCUT2D eigenvalue weighted by molar-refractivity contribution is 5.75. The Hall–Kier alpha value is -2.80. The lowest BCUT2D eigenvalue weighted by Crippen LogP contribution is -2.53. The van der Waals surface area contributed by atoms with Gasteiger partial charge in [0, 0.05) is 49.6 Å². The lowest BCUT2D eigenvalue weighted by Gasteiger charge is -2.36. The molecule has 1 aliphatic carbocycles. The van der Waals surface area contributed by atoms with Gasteiger partial charge >= 0.3 is 0 Å². The Balaban J connectivity index is 1.49. The van der Waals surface area contributed by atoms with Gasteiger partial charge in [-0.2, -0.15) is 5.10 Å². The zero-order valence-corrected chi connectivity index (χ0v) is 14.5. The van der Waals surface area contributed by atoms with Gasteiger partial charge in [0.15, 0.2) is 5.82 Å². The Morgan fingerprint density at radius 1 is 1.15 bits per heavy atom. The lowest BCUT2D eigenvalue weighted by atomic mass is 10.0. The molecule has 0 bridgehead atoms. The highest BCUT2D eigenvalue weighted by atomic mass is 15.3. The molecule has 0 amide bonds. The maximum Gasteiger partial charge on any atom is 0.170 e. The minimum Gasteiger partial charge on any atom is -0.380 e. The van der Waals surface area contributed by atoms with Crippen LogP contribution in [0.5, 0.6) is 0 Å². The summed E-state index contributed by atoms with van der Waals surface area (Å²) in [6.45, 7) is 2.90. The first-order chi connectivity index (χ1) is 12.7. The predicted octanol–water partition coefficient (Wildman–Crippen LogP) is 1.53. The Labute approximate surface area is 151 Å². The molecule has 3 aromatic rings. The van der Waals surface area contributed by atoms with E-state index < -0.39 is 0 Å². The fourth-order valence-electron chi connectivity index (χ4n) is 3.90. The molecule has 2 aromatic heterocycles. The average Bonchev–Trinajstić information content (AvgIpc) is 3.40. The third-order valence-electron chi connectivity index (χ3n) is 5.40. The first-order valence-electron chi connectivity index (χ1n) is 9.02. The van der Waals surface area contributed by atoms with Crippen molar-refractivity contribution in [3.05, 3.63) is 47.9 Å². The maximum absolute atomic E-state index is 6.25. The van der Waals surface area contributed by atoms with Gasteiger partial charge < -0.3 is 16.0 Å². The van der Waals surface area contributed by atoms with E-state index in [4.69, 9.17) is 5.73 Å². The Bertz CT molecular complexity index is 967. The minimum absolute atomic E-state index is 0.282. The molecule has 3 N–H and O–H groups in total. The first-order valence-corrected chi connectivity index (χ1v) is 9.02. The van der Waals surface area contributed by atoms with Crippen molar-refractivity contribution in [2.75, 3.05) is 30.3 Å². The second-order valence-corrected chi connectivity index (χ2v) is 7.29. The predicted molar refractivity (Wildman–Crippen MR) is 101 cm³/mol. The zero-order chi connectivity index (χ0) is 17.6. The Kier molecular flexibility index (Phi) is 3.49. The van der Waals surface area contributed by atoms with Crippen LogP contribution in [0.4, 0.5) is 11.5 Å².